The van der Waals surface area contributed by atoms with E-state index in [9.17, 15) is 0 Å². The fraction of sp³-hybridized carbons (Fsp3) is 0.579. The lowest BCUT2D eigenvalue weighted by Crippen LogP contribution is -2.20. The maximum absolute atomic E-state index is 2.54. The summed E-state index contributed by atoms with van der Waals surface area (Å²) >= 11 is 0. The molecule has 1 atom stereocenters. The number of rotatable bonds is 1. The highest BCUT2D eigenvalue weighted by Gasteiger charge is 2.27. The maximum atomic E-state index is 2.54. The van der Waals surface area contributed by atoms with Gasteiger partial charge in [0.2, 0.25) is 0 Å². The van der Waals surface area contributed by atoms with Gasteiger partial charge in [-0.2, -0.15) is 0 Å². The van der Waals surface area contributed by atoms with Crippen molar-refractivity contribution in [3.8, 4) is 0 Å². The molecule has 0 saturated heterocycles. The molecule has 1 heterocycles. The third-order valence-corrected chi connectivity index (χ3v) is 6.88. The first-order chi connectivity index (χ1) is 9.78. The molecule has 0 nitrogen and oxygen atoms in total. The van der Waals surface area contributed by atoms with E-state index < -0.39 is 0 Å². The Morgan fingerprint density at radius 1 is 0.850 bits per heavy atom. The molecule has 0 radical (unpaired) electrons. The molecule has 1 fully saturated rings. The lowest BCUT2D eigenvalue weighted by molar-refractivity contribution is 0.357. The summed E-state index contributed by atoms with van der Waals surface area (Å²) in [6, 6.07) is 11.5. The van der Waals surface area contributed by atoms with E-state index in [1.165, 1.54) is 63.2 Å². The fourth-order valence-corrected chi connectivity index (χ4v) is 5.26. The molecular weight excluding hydrogens is 259 g/mol. The molecule has 2 aromatic rings. The fourth-order valence-electron chi connectivity index (χ4n) is 3.71. The predicted octanol–water partition coefficient (Wildman–Crippen LogP) is 6.65. The van der Waals surface area contributed by atoms with Crippen LogP contribution in [0.5, 0.6) is 0 Å². The Labute approximate surface area is 125 Å². The number of hydrogen-bond acceptors (Lipinski definition) is 0. The van der Waals surface area contributed by atoms with Crippen molar-refractivity contribution in [1.29, 1.82) is 0 Å². The average Bonchev–Trinajstić information content (AvgIpc) is 2.91. The quantitative estimate of drug-likeness (QED) is 0.550. The van der Waals surface area contributed by atoms with Crippen LogP contribution >= 0.6 is 8.19 Å². The lowest BCUT2D eigenvalue weighted by atomic mass is 9.77. The normalized spacial score (nSPS) is 21.2. The Bertz CT molecular complexity index is 509. The molecular formula is C19H27P. The van der Waals surface area contributed by atoms with Gasteiger partial charge in [-0.3, -0.25) is 0 Å². The van der Waals surface area contributed by atoms with Crippen molar-refractivity contribution in [1.82, 2.24) is 0 Å². The van der Waals surface area contributed by atoms with Crippen molar-refractivity contribution in [2.24, 2.45) is 0 Å². The Kier molecular flexibility index (Phi) is 4.51. The second-order valence-electron chi connectivity index (χ2n) is 6.81. The summed E-state index contributed by atoms with van der Waals surface area (Å²) in [5.41, 5.74) is 0.467. The Morgan fingerprint density at radius 3 is 2.10 bits per heavy atom. The van der Waals surface area contributed by atoms with E-state index in [2.05, 4.69) is 37.3 Å². The van der Waals surface area contributed by atoms with E-state index in [0.717, 1.165) is 8.19 Å². The van der Waals surface area contributed by atoms with E-state index in [-0.39, 0.29) is 0 Å². The smallest absolute Gasteiger partial charge is 0.00154 e. The number of fused-ring (bicyclic) bond motifs is 1. The van der Waals surface area contributed by atoms with Gasteiger partial charge >= 0.3 is 0 Å². The molecule has 1 aromatic carbocycles. The predicted molar refractivity (Wildman–Crippen MR) is 92.4 cm³/mol. The van der Waals surface area contributed by atoms with Crippen molar-refractivity contribution in [3.63, 3.8) is 0 Å². The van der Waals surface area contributed by atoms with Gasteiger partial charge in [0.25, 0.3) is 0 Å². The molecule has 1 aliphatic rings. The first-order valence-corrected chi connectivity index (χ1v) is 9.36. The SMILES string of the molecule is CC1(c2cc3ccccc3[pH]2)CCCCCCCCC1. The van der Waals surface area contributed by atoms with Gasteiger partial charge in [0.05, 0.1) is 0 Å². The average molecular weight is 286 g/mol. The van der Waals surface area contributed by atoms with Crippen LogP contribution in [0.25, 0.3) is 10.5 Å². The lowest BCUT2D eigenvalue weighted by Gasteiger charge is -2.30. The summed E-state index contributed by atoms with van der Waals surface area (Å²) in [5.74, 6) is 0. The van der Waals surface area contributed by atoms with Crippen LogP contribution in [0.1, 0.15) is 70.0 Å². The Balaban J connectivity index is 1.86. The zero-order valence-electron chi connectivity index (χ0n) is 12.8. The molecule has 1 aliphatic carbocycles. The summed E-state index contributed by atoms with van der Waals surface area (Å²) in [7, 11) is 0.925. The van der Waals surface area contributed by atoms with Crippen LogP contribution in [-0.4, -0.2) is 0 Å². The van der Waals surface area contributed by atoms with Gasteiger partial charge in [0.1, 0.15) is 0 Å². The highest BCUT2D eigenvalue weighted by molar-refractivity contribution is 7.38. The van der Waals surface area contributed by atoms with Gasteiger partial charge < -0.3 is 0 Å². The first-order valence-electron chi connectivity index (χ1n) is 8.36. The Hall–Kier alpha value is -0.740. The zero-order valence-corrected chi connectivity index (χ0v) is 13.8. The zero-order chi connectivity index (χ0) is 13.8. The number of hydrogen-bond donors (Lipinski definition) is 0. The van der Waals surface area contributed by atoms with Gasteiger partial charge in [0, 0.05) is 0 Å². The van der Waals surface area contributed by atoms with Crippen LogP contribution in [0, 0.1) is 0 Å². The standard InChI is InChI=1S/C19H27P/c1-19(13-9-5-3-2-4-6-10-14-19)18-15-16-11-7-8-12-17(16)20-18/h7-8,11-12,15,20H,2-6,9-10,13-14H2,1H3. The third kappa shape index (κ3) is 3.12. The second kappa shape index (κ2) is 6.35. The van der Waals surface area contributed by atoms with Crippen molar-refractivity contribution in [2.75, 3.05) is 0 Å². The summed E-state index contributed by atoms with van der Waals surface area (Å²) in [4.78, 5) is 0. The Morgan fingerprint density at radius 2 is 1.45 bits per heavy atom. The molecule has 3 rings (SSSR count). The minimum absolute atomic E-state index is 0.467. The molecule has 1 aromatic heterocycles. The molecule has 20 heavy (non-hydrogen) atoms. The molecule has 0 amide bonds. The monoisotopic (exact) mass is 286 g/mol. The molecule has 0 aliphatic heterocycles. The molecule has 0 N–H and O–H groups in total. The van der Waals surface area contributed by atoms with Crippen LogP contribution in [0.15, 0.2) is 30.3 Å². The van der Waals surface area contributed by atoms with E-state index in [1.54, 1.807) is 10.4 Å². The van der Waals surface area contributed by atoms with Crippen LogP contribution in [0.2, 0.25) is 0 Å². The van der Waals surface area contributed by atoms with Crippen LogP contribution in [-0.2, 0) is 5.41 Å². The molecule has 108 valence electrons. The molecule has 1 saturated carbocycles. The van der Waals surface area contributed by atoms with E-state index in [4.69, 9.17) is 0 Å². The molecule has 1 heteroatoms. The number of benzene rings is 1. The van der Waals surface area contributed by atoms with Gasteiger partial charge in [-0.1, -0.05) is 76.1 Å². The highest BCUT2D eigenvalue weighted by Crippen LogP contribution is 2.44. The maximum Gasteiger partial charge on any atom is -0.00154 e. The molecule has 0 bridgehead atoms. The van der Waals surface area contributed by atoms with E-state index >= 15 is 0 Å². The van der Waals surface area contributed by atoms with Crippen molar-refractivity contribution in [2.45, 2.75) is 70.1 Å². The van der Waals surface area contributed by atoms with Crippen molar-refractivity contribution in [3.05, 3.63) is 35.6 Å². The van der Waals surface area contributed by atoms with Crippen LogP contribution < -0.4 is 0 Å². The minimum atomic E-state index is 0.467. The molecule has 1 unspecified atom stereocenters. The largest absolute Gasteiger partial charge is 0.128 e. The summed E-state index contributed by atoms with van der Waals surface area (Å²) in [5, 5.41) is 4.79. The summed E-state index contributed by atoms with van der Waals surface area (Å²) in [6.07, 6.45) is 12.9. The minimum Gasteiger partial charge on any atom is -0.128 e. The van der Waals surface area contributed by atoms with Crippen LogP contribution in [0.3, 0.4) is 0 Å². The van der Waals surface area contributed by atoms with Crippen LogP contribution in [0.4, 0.5) is 0 Å². The third-order valence-electron chi connectivity index (χ3n) is 5.14. The second-order valence-corrected chi connectivity index (χ2v) is 8.13. The molecule has 0 spiro atoms. The topological polar surface area (TPSA) is 0 Å². The first kappa shape index (κ1) is 14.2. The van der Waals surface area contributed by atoms with Gasteiger partial charge in [-0.25, -0.2) is 0 Å². The van der Waals surface area contributed by atoms with E-state index in [1.807, 2.05) is 0 Å². The van der Waals surface area contributed by atoms with Crippen molar-refractivity contribution < 1.29 is 0 Å². The van der Waals surface area contributed by atoms with Gasteiger partial charge in [-0.05, 0) is 40.1 Å². The van der Waals surface area contributed by atoms with Crippen molar-refractivity contribution >= 4 is 18.7 Å². The summed E-state index contributed by atoms with van der Waals surface area (Å²) < 4.78 is 0. The van der Waals surface area contributed by atoms with Gasteiger partial charge in [-0.15, -0.1) is 8.19 Å². The highest BCUT2D eigenvalue weighted by atomic mass is 31.0. The summed E-state index contributed by atoms with van der Waals surface area (Å²) in [6.45, 7) is 2.54. The van der Waals surface area contributed by atoms with E-state index in [0.29, 0.717) is 5.41 Å². The van der Waals surface area contributed by atoms with Gasteiger partial charge in [0.15, 0.2) is 0 Å².